The second-order valence-electron chi connectivity index (χ2n) is 3.94. The Morgan fingerprint density at radius 3 is 2.72 bits per heavy atom. The third-order valence-electron chi connectivity index (χ3n) is 2.64. The Balaban J connectivity index is 2.73. The van der Waals surface area contributed by atoms with E-state index >= 15 is 0 Å². The van der Waals surface area contributed by atoms with Crippen molar-refractivity contribution in [2.75, 3.05) is 0 Å². The van der Waals surface area contributed by atoms with E-state index in [1.54, 1.807) is 19.1 Å². The second-order valence-corrected chi connectivity index (χ2v) is 4.37. The number of benzene rings is 1. The van der Waals surface area contributed by atoms with Crippen molar-refractivity contribution in [2.45, 2.75) is 13.8 Å². The Hall–Kier alpha value is -2.12. The molecule has 0 saturated carbocycles. The Bertz CT molecular complexity index is 713. The maximum Gasteiger partial charge on any atom is 0.272 e. The van der Waals surface area contributed by atoms with Gasteiger partial charge in [0.1, 0.15) is 6.07 Å². The molecule has 1 heterocycles. The largest absolute Gasteiger partial charge is 0.272 e. The first kappa shape index (κ1) is 12.3. The average molecular weight is 260 g/mol. The number of rotatable bonds is 1. The molecule has 1 aromatic carbocycles. The van der Waals surface area contributed by atoms with Crippen molar-refractivity contribution in [1.82, 2.24) is 9.78 Å². The van der Waals surface area contributed by atoms with E-state index in [4.69, 9.17) is 16.9 Å². The van der Waals surface area contributed by atoms with E-state index < -0.39 is 0 Å². The van der Waals surface area contributed by atoms with Crippen molar-refractivity contribution in [3.63, 3.8) is 0 Å². The van der Waals surface area contributed by atoms with Gasteiger partial charge < -0.3 is 0 Å². The molecule has 0 amide bonds. The standard InChI is InChI=1S/C13H10ClN3O/c1-8-3-4-11(14)6-12(8)17-13(18)5-10(7-15)9(2)16-17/h3-6H,1-2H3. The summed E-state index contributed by atoms with van der Waals surface area (Å²) >= 11 is 5.92. The number of aromatic nitrogens is 2. The summed E-state index contributed by atoms with van der Waals surface area (Å²) in [7, 11) is 0. The molecule has 0 N–H and O–H groups in total. The fourth-order valence-corrected chi connectivity index (χ4v) is 1.81. The molecule has 0 spiro atoms. The normalized spacial score (nSPS) is 10.1. The van der Waals surface area contributed by atoms with Crippen LogP contribution in [0.15, 0.2) is 29.1 Å². The Labute approximate surface area is 109 Å². The lowest BCUT2D eigenvalue weighted by Crippen LogP contribution is -2.22. The van der Waals surface area contributed by atoms with Crippen LogP contribution < -0.4 is 5.56 Å². The Kier molecular flexibility index (Phi) is 3.17. The van der Waals surface area contributed by atoms with Gasteiger partial charge in [-0.3, -0.25) is 4.79 Å². The minimum Gasteiger partial charge on any atom is -0.267 e. The van der Waals surface area contributed by atoms with E-state index in [0.717, 1.165) is 5.56 Å². The van der Waals surface area contributed by atoms with Gasteiger partial charge in [-0.15, -0.1) is 0 Å². The van der Waals surface area contributed by atoms with Crippen LogP contribution in [0.2, 0.25) is 5.02 Å². The molecule has 0 saturated heterocycles. The van der Waals surface area contributed by atoms with E-state index in [1.807, 2.05) is 19.1 Å². The summed E-state index contributed by atoms with van der Waals surface area (Å²) in [6.45, 7) is 3.56. The lowest BCUT2D eigenvalue weighted by molar-refractivity contribution is 0.777. The van der Waals surface area contributed by atoms with Crippen LogP contribution >= 0.6 is 11.6 Å². The highest BCUT2D eigenvalue weighted by molar-refractivity contribution is 6.30. The molecule has 0 aliphatic heterocycles. The molecule has 2 rings (SSSR count). The zero-order chi connectivity index (χ0) is 13.3. The first-order chi connectivity index (χ1) is 8.52. The van der Waals surface area contributed by atoms with E-state index in [-0.39, 0.29) is 11.1 Å². The lowest BCUT2D eigenvalue weighted by Gasteiger charge is -2.09. The maximum atomic E-state index is 11.9. The van der Waals surface area contributed by atoms with Gasteiger partial charge in [-0.1, -0.05) is 17.7 Å². The van der Waals surface area contributed by atoms with Crippen molar-refractivity contribution in [3.8, 4) is 11.8 Å². The van der Waals surface area contributed by atoms with Gasteiger partial charge in [0.25, 0.3) is 5.56 Å². The Morgan fingerprint density at radius 2 is 2.06 bits per heavy atom. The fourth-order valence-electron chi connectivity index (χ4n) is 1.64. The Morgan fingerprint density at radius 1 is 1.33 bits per heavy atom. The van der Waals surface area contributed by atoms with Crippen LogP contribution in [-0.2, 0) is 0 Å². The zero-order valence-electron chi connectivity index (χ0n) is 9.94. The van der Waals surface area contributed by atoms with Gasteiger partial charge in [-0.25, -0.2) is 0 Å². The highest BCUT2D eigenvalue weighted by atomic mass is 35.5. The average Bonchev–Trinajstić information content (AvgIpc) is 2.35. The van der Waals surface area contributed by atoms with Crippen LogP contribution in [-0.4, -0.2) is 9.78 Å². The number of nitrogens with zero attached hydrogens (tertiary/aromatic N) is 3. The van der Waals surface area contributed by atoms with Gasteiger partial charge in [0, 0.05) is 11.1 Å². The summed E-state index contributed by atoms with van der Waals surface area (Å²) in [5.41, 5.74) is 1.97. The molecule has 0 fully saturated rings. The summed E-state index contributed by atoms with van der Waals surface area (Å²) in [4.78, 5) is 11.9. The quantitative estimate of drug-likeness (QED) is 0.790. The zero-order valence-corrected chi connectivity index (χ0v) is 10.7. The summed E-state index contributed by atoms with van der Waals surface area (Å²) in [5.74, 6) is 0. The van der Waals surface area contributed by atoms with Gasteiger partial charge in [-0.05, 0) is 31.5 Å². The van der Waals surface area contributed by atoms with Crippen molar-refractivity contribution in [1.29, 1.82) is 5.26 Å². The van der Waals surface area contributed by atoms with Crippen molar-refractivity contribution >= 4 is 11.6 Å². The van der Waals surface area contributed by atoms with Gasteiger partial charge in [0.05, 0.1) is 16.9 Å². The predicted molar refractivity (Wildman–Crippen MR) is 69.0 cm³/mol. The highest BCUT2D eigenvalue weighted by Gasteiger charge is 2.09. The first-order valence-corrected chi connectivity index (χ1v) is 5.68. The smallest absolute Gasteiger partial charge is 0.267 e. The summed E-state index contributed by atoms with van der Waals surface area (Å²) in [6.07, 6.45) is 0. The monoisotopic (exact) mass is 259 g/mol. The number of halogens is 1. The minimum absolute atomic E-state index is 0.288. The molecule has 0 aliphatic rings. The van der Waals surface area contributed by atoms with Crippen LogP contribution in [0, 0.1) is 25.2 Å². The second kappa shape index (κ2) is 4.63. The van der Waals surface area contributed by atoms with Gasteiger partial charge >= 0.3 is 0 Å². The molecule has 0 unspecified atom stereocenters. The first-order valence-electron chi connectivity index (χ1n) is 5.30. The van der Waals surface area contributed by atoms with Crippen LogP contribution in [0.4, 0.5) is 0 Å². The molecule has 0 atom stereocenters. The molecular weight excluding hydrogens is 250 g/mol. The van der Waals surface area contributed by atoms with Gasteiger partial charge in [0.2, 0.25) is 0 Å². The third-order valence-corrected chi connectivity index (χ3v) is 2.87. The predicted octanol–water partition coefficient (Wildman–Crippen LogP) is 2.37. The van der Waals surface area contributed by atoms with Crippen LogP contribution in [0.1, 0.15) is 16.8 Å². The number of hydrogen-bond acceptors (Lipinski definition) is 3. The SMILES string of the molecule is Cc1ccc(Cl)cc1-n1nc(C)c(C#N)cc1=O. The van der Waals surface area contributed by atoms with Crippen molar-refractivity contribution < 1.29 is 0 Å². The van der Waals surface area contributed by atoms with E-state index in [1.165, 1.54) is 10.7 Å². The van der Waals surface area contributed by atoms with Crippen molar-refractivity contribution in [3.05, 3.63) is 56.5 Å². The minimum atomic E-state index is -0.345. The third kappa shape index (κ3) is 2.13. The topological polar surface area (TPSA) is 58.7 Å². The van der Waals surface area contributed by atoms with Crippen LogP contribution in [0.5, 0.6) is 0 Å². The molecule has 18 heavy (non-hydrogen) atoms. The molecule has 2 aromatic rings. The van der Waals surface area contributed by atoms with Crippen molar-refractivity contribution in [2.24, 2.45) is 0 Å². The maximum absolute atomic E-state index is 11.9. The molecular formula is C13H10ClN3O. The van der Waals surface area contributed by atoms with Crippen LogP contribution in [0.3, 0.4) is 0 Å². The number of hydrogen-bond donors (Lipinski definition) is 0. The molecule has 4 nitrogen and oxygen atoms in total. The molecule has 0 bridgehead atoms. The van der Waals surface area contributed by atoms with Crippen LogP contribution in [0.25, 0.3) is 5.69 Å². The fraction of sp³-hybridized carbons (Fsp3) is 0.154. The number of aryl methyl sites for hydroxylation is 2. The molecule has 0 radical (unpaired) electrons. The van der Waals surface area contributed by atoms with E-state index in [9.17, 15) is 4.79 Å². The molecule has 0 aliphatic carbocycles. The van der Waals surface area contributed by atoms with Gasteiger partial charge in [-0.2, -0.15) is 15.0 Å². The van der Waals surface area contributed by atoms with Gasteiger partial charge in [0.15, 0.2) is 0 Å². The van der Waals surface area contributed by atoms with E-state index in [0.29, 0.717) is 16.4 Å². The summed E-state index contributed by atoms with van der Waals surface area (Å²) < 4.78 is 1.26. The highest BCUT2D eigenvalue weighted by Crippen LogP contribution is 2.17. The lowest BCUT2D eigenvalue weighted by atomic mass is 10.2. The summed E-state index contributed by atoms with van der Waals surface area (Å²) in [6, 6.07) is 8.47. The number of nitriles is 1. The molecule has 1 aromatic heterocycles. The summed E-state index contributed by atoms with van der Waals surface area (Å²) in [5, 5.41) is 13.5. The van der Waals surface area contributed by atoms with E-state index in [2.05, 4.69) is 5.10 Å². The molecule has 90 valence electrons. The molecule has 5 heteroatoms.